The van der Waals surface area contributed by atoms with E-state index in [0.717, 1.165) is 54.2 Å². The highest BCUT2D eigenvalue weighted by molar-refractivity contribution is 7.13. The van der Waals surface area contributed by atoms with E-state index in [-0.39, 0.29) is 11.7 Å². The van der Waals surface area contributed by atoms with E-state index in [9.17, 15) is 9.18 Å². The average Bonchev–Trinajstić information content (AvgIpc) is 3.19. The van der Waals surface area contributed by atoms with Gasteiger partial charge >= 0.3 is 0 Å². The van der Waals surface area contributed by atoms with Crippen LogP contribution >= 0.6 is 11.3 Å². The molecule has 0 radical (unpaired) electrons. The van der Waals surface area contributed by atoms with Crippen molar-refractivity contribution in [2.75, 3.05) is 13.1 Å². The highest BCUT2D eigenvalue weighted by atomic mass is 32.1. The maximum Gasteiger partial charge on any atom is 0.265 e. The summed E-state index contributed by atoms with van der Waals surface area (Å²) in [7, 11) is 0. The molecule has 0 aliphatic carbocycles. The zero-order chi connectivity index (χ0) is 16.2. The van der Waals surface area contributed by atoms with Gasteiger partial charge in [-0.25, -0.2) is 9.37 Å². The van der Waals surface area contributed by atoms with E-state index >= 15 is 0 Å². The normalized spacial score (nSPS) is 17.7. The summed E-state index contributed by atoms with van der Waals surface area (Å²) in [4.78, 5) is 19.6. The number of benzene rings is 1. The SMILES string of the molecule is CCCc1ncc(C(=O)N2CC[C@@H](Cc3ccc(F)cc3)C2)s1. The molecule has 1 aromatic heterocycles. The summed E-state index contributed by atoms with van der Waals surface area (Å²) in [6, 6.07) is 6.67. The number of aromatic nitrogens is 1. The molecule has 3 nitrogen and oxygen atoms in total. The minimum Gasteiger partial charge on any atom is -0.338 e. The lowest BCUT2D eigenvalue weighted by molar-refractivity contribution is 0.0791. The number of carbonyl (C=O) groups excluding carboxylic acids is 1. The molecule has 5 heteroatoms. The van der Waals surface area contributed by atoms with E-state index in [1.54, 1.807) is 6.20 Å². The Morgan fingerprint density at radius 2 is 2.17 bits per heavy atom. The highest BCUT2D eigenvalue weighted by Gasteiger charge is 2.28. The molecule has 2 heterocycles. The Morgan fingerprint density at radius 3 is 2.91 bits per heavy atom. The monoisotopic (exact) mass is 332 g/mol. The number of amides is 1. The van der Waals surface area contributed by atoms with E-state index < -0.39 is 0 Å². The lowest BCUT2D eigenvalue weighted by Crippen LogP contribution is -2.28. The maximum atomic E-state index is 13.0. The summed E-state index contributed by atoms with van der Waals surface area (Å²) in [6.07, 6.45) is 5.60. The minimum atomic E-state index is -0.204. The van der Waals surface area contributed by atoms with E-state index in [1.165, 1.54) is 23.5 Å². The second-order valence-corrected chi connectivity index (χ2v) is 7.22. The number of halogens is 1. The van der Waals surface area contributed by atoms with Crippen molar-refractivity contribution < 1.29 is 9.18 Å². The summed E-state index contributed by atoms with van der Waals surface area (Å²) in [5.74, 6) is 0.351. The second kappa shape index (κ2) is 7.21. The molecular weight excluding hydrogens is 311 g/mol. The first-order chi connectivity index (χ1) is 11.2. The third-order valence-corrected chi connectivity index (χ3v) is 5.28. The fourth-order valence-corrected chi connectivity index (χ4v) is 4.02. The Morgan fingerprint density at radius 1 is 1.39 bits per heavy atom. The predicted molar refractivity (Wildman–Crippen MR) is 90.2 cm³/mol. The van der Waals surface area contributed by atoms with Gasteiger partial charge in [-0.3, -0.25) is 4.79 Å². The van der Waals surface area contributed by atoms with Crippen molar-refractivity contribution in [2.24, 2.45) is 5.92 Å². The first-order valence-corrected chi connectivity index (χ1v) is 8.95. The molecule has 0 N–H and O–H groups in total. The molecule has 0 saturated carbocycles. The van der Waals surface area contributed by atoms with Crippen LogP contribution in [0.5, 0.6) is 0 Å². The topological polar surface area (TPSA) is 33.2 Å². The zero-order valence-corrected chi connectivity index (χ0v) is 14.1. The molecule has 0 unspecified atom stereocenters. The van der Waals surface area contributed by atoms with Crippen LogP contribution in [0, 0.1) is 11.7 Å². The van der Waals surface area contributed by atoms with Crippen LogP contribution in [0.4, 0.5) is 4.39 Å². The number of hydrogen-bond acceptors (Lipinski definition) is 3. The summed E-state index contributed by atoms with van der Waals surface area (Å²) in [5, 5.41) is 1.04. The molecule has 1 fully saturated rings. The minimum absolute atomic E-state index is 0.103. The first kappa shape index (κ1) is 16.1. The van der Waals surface area contributed by atoms with Crippen LogP contribution in [0.2, 0.25) is 0 Å². The van der Waals surface area contributed by atoms with Gasteiger partial charge in [-0.1, -0.05) is 19.1 Å². The molecule has 2 aromatic rings. The van der Waals surface area contributed by atoms with Gasteiger partial charge in [0.1, 0.15) is 10.7 Å². The van der Waals surface area contributed by atoms with E-state index in [0.29, 0.717) is 5.92 Å². The van der Waals surface area contributed by atoms with Gasteiger partial charge in [-0.2, -0.15) is 0 Å². The van der Waals surface area contributed by atoms with Gasteiger partial charge in [-0.05, 0) is 49.3 Å². The van der Waals surface area contributed by atoms with Crippen LogP contribution in [0.25, 0.3) is 0 Å². The van der Waals surface area contributed by atoms with E-state index in [4.69, 9.17) is 0 Å². The van der Waals surface area contributed by atoms with Gasteiger partial charge in [0.15, 0.2) is 0 Å². The van der Waals surface area contributed by atoms with Gasteiger partial charge in [0.2, 0.25) is 0 Å². The molecule has 1 aliphatic heterocycles. The van der Waals surface area contributed by atoms with E-state index in [1.807, 2.05) is 17.0 Å². The molecule has 0 bridgehead atoms. The largest absolute Gasteiger partial charge is 0.338 e. The Kier molecular flexibility index (Phi) is 5.06. The number of carbonyl (C=O) groups is 1. The maximum absolute atomic E-state index is 13.0. The van der Waals surface area contributed by atoms with Gasteiger partial charge in [0.25, 0.3) is 5.91 Å². The molecule has 1 aromatic carbocycles. The number of rotatable bonds is 5. The fourth-order valence-electron chi connectivity index (χ4n) is 3.03. The van der Waals surface area contributed by atoms with Crippen LogP contribution < -0.4 is 0 Å². The van der Waals surface area contributed by atoms with Gasteiger partial charge < -0.3 is 4.90 Å². The number of nitrogens with zero attached hydrogens (tertiary/aromatic N) is 2. The van der Waals surface area contributed by atoms with Crippen LogP contribution in [0.3, 0.4) is 0 Å². The first-order valence-electron chi connectivity index (χ1n) is 8.14. The molecular formula is C18H21FN2OS. The average molecular weight is 332 g/mol. The van der Waals surface area contributed by atoms with Gasteiger partial charge in [0.05, 0.1) is 11.2 Å². The number of thiazole rings is 1. The standard InChI is InChI=1S/C18H21FN2OS/c1-2-3-17-20-11-16(23-17)18(22)21-9-8-14(12-21)10-13-4-6-15(19)7-5-13/h4-7,11,14H,2-3,8-10,12H2,1H3/t14-/m0/s1. The summed E-state index contributed by atoms with van der Waals surface area (Å²) in [5.41, 5.74) is 1.13. The van der Waals surface area contributed by atoms with Crippen molar-refractivity contribution in [3.8, 4) is 0 Å². The predicted octanol–water partition coefficient (Wildman–Crippen LogP) is 3.94. The molecule has 1 aliphatic rings. The molecule has 1 atom stereocenters. The number of likely N-dealkylation sites (tertiary alicyclic amines) is 1. The quantitative estimate of drug-likeness (QED) is 0.831. The van der Waals surface area contributed by atoms with Crippen LogP contribution in [0.1, 0.15) is 40.0 Å². The van der Waals surface area contributed by atoms with Crippen LogP contribution in [-0.2, 0) is 12.8 Å². The van der Waals surface area contributed by atoms with Crippen molar-refractivity contribution in [3.63, 3.8) is 0 Å². The molecule has 122 valence electrons. The Labute approximate surface area is 140 Å². The smallest absolute Gasteiger partial charge is 0.265 e. The molecule has 1 saturated heterocycles. The third kappa shape index (κ3) is 3.96. The summed E-state index contributed by atoms with van der Waals surface area (Å²) < 4.78 is 13.0. The van der Waals surface area contributed by atoms with Crippen LogP contribution in [0.15, 0.2) is 30.5 Å². The van der Waals surface area contributed by atoms with E-state index in [2.05, 4.69) is 11.9 Å². The lowest BCUT2D eigenvalue weighted by Gasteiger charge is -2.15. The molecule has 3 rings (SSSR count). The van der Waals surface area contributed by atoms with Crippen molar-refractivity contribution >= 4 is 17.2 Å². The number of aryl methyl sites for hydroxylation is 1. The Hall–Kier alpha value is -1.75. The molecule has 1 amide bonds. The summed E-state index contributed by atoms with van der Waals surface area (Å²) >= 11 is 1.52. The van der Waals surface area contributed by atoms with Crippen molar-refractivity contribution in [2.45, 2.75) is 32.6 Å². The molecule has 23 heavy (non-hydrogen) atoms. The third-order valence-electron chi connectivity index (χ3n) is 4.24. The highest BCUT2D eigenvalue weighted by Crippen LogP contribution is 2.24. The zero-order valence-electron chi connectivity index (χ0n) is 13.3. The molecule has 0 spiro atoms. The van der Waals surface area contributed by atoms with Gasteiger partial charge in [-0.15, -0.1) is 11.3 Å². The van der Waals surface area contributed by atoms with Gasteiger partial charge in [0, 0.05) is 13.1 Å². The Balaban J connectivity index is 1.58. The lowest BCUT2D eigenvalue weighted by atomic mass is 9.99. The second-order valence-electron chi connectivity index (χ2n) is 6.10. The summed E-state index contributed by atoms with van der Waals surface area (Å²) in [6.45, 7) is 3.69. The van der Waals surface area contributed by atoms with Crippen molar-refractivity contribution in [1.29, 1.82) is 0 Å². The fraction of sp³-hybridized carbons (Fsp3) is 0.444. The Bertz CT molecular complexity index is 668. The van der Waals surface area contributed by atoms with Crippen LogP contribution in [-0.4, -0.2) is 28.9 Å². The van der Waals surface area contributed by atoms with Crippen molar-refractivity contribution in [3.05, 3.63) is 51.7 Å². The number of hydrogen-bond donors (Lipinski definition) is 0. The van der Waals surface area contributed by atoms with Crippen molar-refractivity contribution in [1.82, 2.24) is 9.88 Å².